The summed E-state index contributed by atoms with van der Waals surface area (Å²) in [7, 11) is 0. The molecule has 1 fully saturated rings. The summed E-state index contributed by atoms with van der Waals surface area (Å²) in [6.45, 7) is 4.02. The molecule has 0 atom stereocenters. The molecule has 0 aliphatic carbocycles. The number of hydrogen-bond donors (Lipinski definition) is 1. The van der Waals surface area contributed by atoms with Crippen molar-refractivity contribution in [2.45, 2.75) is 13.8 Å². The Morgan fingerprint density at radius 1 is 1.24 bits per heavy atom. The summed E-state index contributed by atoms with van der Waals surface area (Å²) in [4.78, 5) is 26.0. The van der Waals surface area contributed by atoms with Crippen LogP contribution in [0.5, 0.6) is 0 Å². The first-order valence-electron chi connectivity index (χ1n) is 7.53. The Morgan fingerprint density at radius 3 is 2.48 bits per heavy atom. The monoisotopic (exact) mass is 352 g/mol. The Bertz CT molecular complexity index is 825. The van der Waals surface area contributed by atoms with Gasteiger partial charge < -0.3 is 5.32 Å². The van der Waals surface area contributed by atoms with Gasteiger partial charge in [0.25, 0.3) is 11.1 Å². The first kappa shape index (κ1) is 18.3. The third-order valence-electron chi connectivity index (χ3n) is 3.57. The van der Waals surface area contributed by atoms with Crippen LogP contribution < -0.4 is 5.32 Å². The summed E-state index contributed by atoms with van der Waals surface area (Å²) in [5, 5.41) is 20.1. The Balaban J connectivity index is 2.02. The van der Waals surface area contributed by atoms with E-state index in [-0.39, 0.29) is 29.8 Å². The number of nitrogens with zero attached hydrogens (tertiary/aromatic N) is 3. The number of imide groups is 1. The highest BCUT2D eigenvalue weighted by Gasteiger charge is 2.34. The van der Waals surface area contributed by atoms with E-state index in [0.717, 1.165) is 27.8 Å². The lowest BCUT2D eigenvalue weighted by Gasteiger charge is -2.13. The van der Waals surface area contributed by atoms with Crippen LogP contribution in [-0.2, 0) is 4.79 Å². The molecule has 0 unspecified atom stereocenters. The Labute approximate surface area is 150 Å². The molecule has 0 bridgehead atoms. The zero-order chi connectivity index (χ0) is 18.4. The molecule has 2 amide bonds. The van der Waals surface area contributed by atoms with Crippen molar-refractivity contribution < 1.29 is 9.59 Å². The van der Waals surface area contributed by atoms with Crippen LogP contribution in [0.2, 0.25) is 0 Å². The summed E-state index contributed by atoms with van der Waals surface area (Å²) in [6.07, 6.45) is 1.70. The van der Waals surface area contributed by atoms with Crippen LogP contribution in [-0.4, -0.2) is 29.1 Å². The number of allylic oxidation sites excluding steroid dienone is 2. The van der Waals surface area contributed by atoms with Crippen LogP contribution in [0.3, 0.4) is 0 Å². The van der Waals surface area contributed by atoms with Crippen molar-refractivity contribution in [2.24, 2.45) is 0 Å². The first-order chi connectivity index (χ1) is 12.0. The number of benzene rings is 1. The molecule has 7 heteroatoms. The molecule has 0 radical (unpaired) electrons. The molecule has 25 heavy (non-hydrogen) atoms. The van der Waals surface area contributed by atoms with Gasteiger partial charge in [-0.05, 0) is 37.2 Å². The molecule has 1 aromatic rings. The Kier molecular flexibility index (Phi) is 5.99. The Morgan fingerprint density at radius 2 is 1.88 bits per heavy atom. The highest BCUT2D eigenvalue weighted by Crippen LogP contribution is 2.31. The van der Waals surface area contributed by atoms with Gasteiger partial charge in [-0.3, -0.25) is 14.5 Å². The second-order valence-corrected chi connectivity index (χ2v) is 6.39. The lowest BCUT2D eigenvalue weighted by atomic mass is 10.1. The van der Waals surface area contributed by atoms with E-state index in [2.05, 4.69) is 5.32 Å². The lowest BCUT2D eigenvalue weighted by Crippen LogP contribution is -2.34. The standard InChI is InChI=1S/C18H16N4O2S/c1-12-3-5-14(6-4-12)9-16-17(23)22(18(24)25-16)8-7-21-13(2)15(10-19)11-20/h3-6,9,21H,7-8H2,1-2H3. The van der Waals surface area contributed by atoms with Crippen molar-refractivity contribution in [2.75, 3.05) is 13.1 Å². The normalized spacial score (nSPS) is 15.0. The third-order valence-corrected chi connectivity index (χ3v) is 4.48. The van der Waals surface area contributed by atoms with E-state index in [4.69, 9.17) is 10.5 Å². The molecular weight excluding hydrogens is 336 g/mol. The minimum atomic E-state index is -0.334. The molecule has 1 N–H and O–H groups in total. The maximum Gasteiger partial charge on any atom is 0.293 e. The fraction of sp³-hybridized carbons (Fsp3) is 0.222. The van der Waals surface area contributed by atoms with Gasteiger partial charge in [0.1, 0.15) is 17.7 Å². The molecule has 1 aliphatic heterocycles. The van der Waals surface area contributed by atoms with Crippen LogP contribution in [0.25, 0.3) is 6.08 Å². The Hall–Kier alpha value is -3.03. The van der Waals surface area contributed by atoms with Gasteiger partial charge >= 0.3 is 0 Å². The van der Waals surface area contributed by atoms with Crippen LogP contribution in [0.1, 0.15) is 18.1 Å². The topological polar surface area (TPSA) is 97.0 Å². The van der Waals surface area contributed by atoms with Crippen LogP contribution in [0, 0.1) is 29.6 Å². The minimum Gasteiger partial charge on any atom is -0.385 e. The van der Waals surface area contributed by atoms with Gasteiger partial charge in [0.2, 0.25) is 0 Å². The van der Waals surface area contributed by atoms with Crippen LogP contribution >= 0.6 is 11.8 Å². The second kappa shape index (κ2) is 8.18. The molecule has 1 aliphatic rings. The molecule has 0 saturated carbocycles. The number of amides is 2. The smallest absolute Gasteiger partial charge is 0.293 e. The van der Waals surface area contributed by atoms with E-state index < -0.39 is 0 Å². The number of carbonyl (C=O) groups is 2. The number of rotatable bonds is 5. The minimum absolute atomic E-state index is 0.0200. The van der Waals surface area contributed by atoms with Gasteiger partial charge in [-0.2, -0.15) is 10.5 Å². The molecule has 126 valence electrons. The third kappa shape index (κ3) is 4.50. The van der Waals surface area contributed by atoms with Crippen molar-refractivity contribution in [3.8, 4) is 12.1 Å². The van der Waals surface area contributed by atoms with E-state index in [1.165, 1.54) is 0 Å². The average molecular weight is 352 g/mol. The first-order valence-corrected chi connectivity index (χ1v) is 8.35. The predicted molar refractivity (Wildman–Crippen MR) is 95.8 cm³/mol. The van der Waals surface area contributed by atoms with Gasteiger partial charge in [0, 0.05) is 18.8 Å². The van der Waals surface area contributed by atoms with Crippen molar-refractivity contribution in [1.82, 2.24) is 10.2 Å². The van der Waals surface area contributed by atoms with Gasteiger partial charge in [0.05, 0.1) is 4.91 Å². The SMILES string of the molecule is CC(NCCN1C(=O)SC(=Cc2ccc(C)cc2)C1=O)=C(C#N)C#N. The van der Waals surface area contributed by atoms with Crippen molar-refractivity contribution in [3.63, 3.8) is 0 Å². The van der Waals surface area contributed by atoms with Crippen molar-refractivity contribution >= 4 is 29.0 Å². The zero-order valence-corrected chi connectivity index (χ0v) is 14.7. The van der Waals surface area contributed by atoms with Gasteiger partial charge in [-0.1, -0.05) is 29.8 Å². The molecule has 6 nitrogen and oxygen atoms in total. The second-order valence-electron chi connectivity index (χ2n) is 5.39. The fourth-order valence-corrected chi connectivity index (χ4v) is 3.01. The maximum atomic E-state index is 12.4. The van der Waals surface area contributed by atoms with E-state index in [1.54, 1.807) is 25.1 Å². The molecular formula is C18H16N4O2S. The van der Waals surface area contributed by atoms with Crippen LogP contribution in [0.15, 0.2) is 40.4 Å². The quantitative estimate of drug-likeness (QED) is 0.646. The van der Waals surface area contributed by atoms with Crippen LogP contribution in [0.4, 0.5) is 4.79 Å². The average Bonchev–Trinajstić information content (AvgIpc) is 2.85. The summed E-state index contributed by atoms with van der Waals surface area (Å²) in [5.74, 6) is -0.334. The van der Waals surface area contributed by atoms with Crippen molar-refractivity contribution in [1.29, 1.82) is 10.5 Å². The van der Waals surface area contributed by atoms with Gasteiger partial charge in [-0.15, -0.1) is 0 Å². The number of aryl methyl sites for hydroxylation is 1. The highest BCUT2D eigenvalue weighted by atomic mass is 32.2. The van der Waals surface area contributed by atoms with Gasteiger partial charge in [0.15, 0.2) is 0 Å². The summed E-state index contributed by atoms with van der Waals surface area (Å²) in [6, 6.07) is 11.2. The fourth-order valence-electron chi connectivity index (χ4n) is 2.14. The van der Waals surface area contributed by atoms with Gasteiger partial charge in [-0.25, -0.2) is 0 Å². The molecule has 1 aromatic carbocycles. The highest BCUT2D eigenvalue weighted by molar-refractivity contribution is 8.18. The summed E-state index contributed by atoms with van der Waals surface area (Å²) < 4.78 is 0. The molecule has 1 saturated heterocycles. The van der Waals surface area contributed by atoms with E-state index in [0.29, 0.717) is 10.6 Å². The molecule has 1 heterocycles. The van der Waals surface area contributed by atoms with E-state index in [1.807, 2.05) is 31.2 Å². The molecule has 0 aromatic heterocycles. The van der Waals surface area contributed by atoms with E-state index in [9.17, 15) is 9.59 Å². The summed E-state index contributed by atoms with van der Waals surface area (Å²) >= 11 is 0.909. The lowest BCUT2D eigenvalue weighted by molar-refractivity contribution is -0.122. The number of nitriles is 2. The van der Waals surface area contributed by atoms with Crippen molar-refractivity contribution in [3.05, 3.63) is 51.6 Å². The molecule has 0 spiro atoms. The van der Waals surface area contributed by atoms with E-state index >= 15 is 0 Å². The number of hydrogen-bond acceptors (Lipinski definition) is 6. The molecule has 2 rings (SSSR count). The largest absolute Gasteiger partial charge is 0.385 e. The maximum absolute atomic E-state index is 12.4. The number of carbonyl (C=O) groups excluding carboxylic acids is 2. The predicted octanol–water partition coefficient (Wildman–Crippen LogP) is 2.94. The zero-order valence-electron chi connectivity index (χ0n) is 13.9. The summed E-state index contributed by atoms with van der Waals surface area (Å²) in [5.41, 5.74) is 2.38. The number of thioether (sulfide) groups is 1. The number of nitrogens with one attached hydrogen (secondary N) is 1.